The summed E-state index contributed by atoms with van der Waals surface area (Å²) in [6.07, 6.45) is 0.823. The molecule has 0 N–H and O–H groups in total. The van der Waals surface area contributed by atoms with Crippen molar-refractivity contribution in [3.63, 3.8) is 0 Å². The van der Waals surface area contributed by atoms with E-state index in [1.54, 1.807) is 12.1 Å². The molecule has 0 saturated carbocycles. The van der Waals surface area contributed by atoms with Gasteiger partial charge in [0, 0.05) is 5.22 Å². The van der Waals surface area contributed by atoms with E-state index in [0.717, 1.165) is 21.9 Å². The maximum atomic E-state index is 10.7. The van der Waals surface area contributed by atoms with Crippen molar-refractivity contribution in [3.8, 4) is 0 Å². The normalized spacial score (nSPS) is 12.9. The van der Waals surface area contributed by atoms with Gasteiger partial charge in [0.15, 0.2) is 0 Å². The van der Waals surface area contributed by atoms with E-state index in [1.165, 1.54) is 0 Å². The quantitative estimate of drug-likeness (QED) is 0.685. The standard InChI is InChI=1S/C14H10N4O/c19-9-10-5-7-11(8-6-10)12-3-1-2-4-13(12)14-15-17-18-16-14/h1-9,19H/p-1. The Bertz CT molecular complexity index is 847. The van der Waals surface area contributed by atoms with Gasteiger partial charge in [0.1, 0.15) is 0 Å². The van der Waals surface area contributed by atoms with Gasteiger partial charge in [-0.1, -0.05) is 48.5 Å². The van der Waals surface area contributed by atoms with Gasteiger partial charge in [-0.25, -0.2) is 0 Å². The lowest BCUT2D eigenvalue weighted by Gasteiger charge is -1.94. The molecule has 0 amide bonds. The Labute approximate surface area is 108 Å². The molecule has 2 aromatic carbocycles. The monoisotopic (exact) mass is 249 g/mol. The Morgan fingerprint density at radius 2 is 1.42 bits per heavy atom. The minimum atomic E-state index is 0.495. The van der Waals surface area contributed by atoms with Crippen molar-refractivity contribution < 1.29 is 5.11 Å². The predicted octanol–water partition coefficient (Wildman–Crippen LogP) is 0.971. The van der Waals surface area contributed by atoms with Crippen LogP contribution < -0.4 is 15.5 Å². The summed E-state index contributed by atoms with van der Waals surface area (Å²) in [6, 6.07) is 15.1. The number of rotatable bonds is 0. The maximum Gasteiger partial charge on any atom is 0.207 e. The van der Waals surface area contributed by atoms with Crippen molar-refractivity contribution in [3.05, 3.63) is 69.4 Å². The molecule has 3 rings (SSSR count). The van der Waals surface area contributed by atoms with Crippen LogP contribution in [0.2, 0.25) is 0 Å². The number of hydrogen-bond donors (Lipinski definition) is 0. The van der Waals surface area contributed by atoms with Gasteiger partial charge < -0.3 is 5.11 Å². The molecular weight excluding hydrogens is 240 g/mol. The van der Waals surface area contributed by atoms with E-state index < -0.39 is 0 Å². The van der Waals surface area contributed by atoms with Crippen LogP contribution in [-0.4, -0.2) is 0 Å². The summed E-state index contributed by atoms with van der Waals surface area (Å²) in [7, 11) is 0. The third-order valence-corrected chi connectivity index (χ3v) is 2.84. The second kappa shape index (κ2) is 4.81. The van der Waals surface area contributed by atoms with Crippen LogP contribution in [-0.2, 0) is 0 Å². The van der Waals surface area contributed by atoms with Crippen molar-refractivity contribution in [2.45, 2.75) is 0 Å². The first kappa shape index (κ1) is 11.3. The van der Waals surface area contributed by atoms with E-state index in [4.69, 9.17) is 0 Å². The molecule has 1 heterocycles. The van der Waals surface area contributed by atoms with Gasteiger partial charge >= 0.3 is 0 Å². The van der Waals surface area contributed by atoms with Crippen molar-refractivity contribution in [2.24, 2.45) is 20.7 Å². The molecule has 0 saturated heterocycles. The fourth-order valence-corrected chi connectivity index (χ4v) is 1.92. The van der Waals surface area contributed by atoms with Gasteiger partial charge in [-0.3, -0.25) is 0 Å². The highest BCUT2D eigenvalue weighted by atomic mass is 16.2. The molecular formula is C14H9N4O-. The lowest BCUT2D eigenvalue weighted by atomic mass is 10.1. The van der Waals surface area contributed by atoms with Crippen LogP contribution in [0.3, 0.4) is 0 Å². The molecule has 0 fully saturated rings. The van der Waals surface area contributed by atoms with Gasteiger partial charge in [-0.05, 0) is 26.1 Å². The number of benzene rings is 2. The van der Waals surface area contributed by atoms with E-state index in [-0.39, 0.29) is 0 Å². The lowest BCUT2D eigenvalue weighted by Crippen LogP contribution is -2.07. The smallest absolute Gasteiger partial charge is 0.207 e. The van der Waals surface area contributed by atoms with E-state index in [0.29, 0.717) is 11.0 Å². The Morgan fingerprint density at radius 1 is 0.789 bits per heavy atom. The Hall–Kier alpha value is -2.82. The lowest BCUT2D eigenvalue weighted by molar-refractivity contribution is -0.229. The Balaban J connectivity index is 2.47. The highest BCUT2D eigenvalue weighted by molar-refractivity contribution is 5.42. The molecule has 2 aromatic rings. The average molecular weight is 249 g/mol. The second-order valence-electron chi connectivity index (χ2n) is 3.99. The molecule has 19 heavy (non-hydrogen) atoms. The summed E-state index contributed by atoms with van der Waals surface area (Å²) < 4.78 is 0. The first-order chi connectivity index (χ1) is 9.38. The van der Waals surface area contributed by atoms with Crippen LogP contribution in [0.1, 0.15) is 0 Å². The first-order valence-electron chi connectivity index (χ1n) is 5.72. The zero-order chi connectivity index (χ0) is 13.1. The zero-order valence-electron chi connectivity index (χ0n) is 9.89. The molecule has 5 nitrogen and oxygen atoms in total. The van der Waals surface area contributed by atoms with Gasteiger partial charge in [0.2, 0.25) is 5.82 Å². The molecule has 1 aliphatic rings. The highest BCUT2D eigenvalue weighted by Gasteiger charge is 2.00. The summed E-state index contributed by atoms with van der Waals surface area (Å²) in [4.78, 5) is 0. The van der Waals surface area contributed by atoms with Gasteiger partial charge in [-0.15, -0.1) is 16.5 Å². The molecule has 0 atom stereocenters. The molecule has 0 aliphatic carbocycles. The van der Waals surface area contributed by atoms with Crippen LogP contribution in [0.15, 0.2) is 69.2 Å². The summed E-state index contributed by atoms with van der Waals surface area (Å²) in [5.74, 6) is 0.495. The topological polar surface area (TPSA) is 72.5 Å². The summed E-state index contributed by atoms with van der Waals surface area (Å²) >= 11 is 0. The van der Waals surface area contributed by atoms with E-state index in [1.807, 2.05) is 36.4 Å². The molecule has 0 unspecified atom stereocenters. The van der Waals surface area contributed by atoms with Crippen LogP contribution in [0.5, 0.6) is 0 Å². The highest BCUT2D eigenvalue weighted by Crippen LogP contribution is 2.08. The van der Waals surface area contributed by atoms with E-state index >= 15 is 0 Å². The molecule has 0 spiro atoms. The third kappa shape index (κ3) is 2.13. The van der Waals surface area contributed by atoms with Crippen LogP contribution in [0.4, 0.5) is 0 Å². The molecule has 0 aromatic heterocycles. The minimum Gasteiger partial charge on any atom is -0.877 e. The zero-order valence-corrected chi connectivity index (χ0v) is 9.89. The predicted molar refractivity (Wildman–Crippen MR) is 67.4 cm³/mol. The van der Waals surface area contributed by atoms with Gasteiger partial charge in [-0.2, -0.15) is 0 Å². The second-order valence-corrected chi connectivity index (χ2v) is 3.99. The van der Waals surface area contributed by atoms with Crippen LogP contribution in [0.25, 0.3) is 12.1 Å². The van der Waals surface area contributed by atoms with Crippen molar-refractivity contribution in [1.82, 2.24) is 0 Å². The third-order valence-electron chi connectivity index (χ3n) is 2.84. The molecule has 5 heteroatoms. The molecule has 92 valence electrons. The van der Waals surface area contributed by atoms with E-state index in [9.17, 15) is 5.11 Å². The van der Waals surface area contributed by atoms with Crippen LogP contribution in [0, 0.1) is 10.4 Å². The summed E-state index contributed by atoms with van der Waals surface area (Å²) in [6.45, 7) is 0. The summed E-state index contributed by atoms with van der Waals surface area (Å²) in [5.41, 5.74) is 0. The summed E-state index contributed by atoms with van der Waals surface area (Å²) in [5, 5.41) is 28.9. The Morgan fingerprint density at radius 3 is 2.05 bits per heavy atom. The van der Waals surface area contributed by atoms with Crippen molar-refractivity contribution in [2.75, 3.05) is 0 Å². The minimum absolute atomic E-state index is 0.495. The number of nitrogens with zero attached hydrogens (tertiary/aromatic N) is 4. The first-order valence-corrected chi connectivity index (χ1v) is 5.72. The maximum absolute atomic E-state index is 10.7. The fraction of sp³-hybridized carbons (Fsp3) is 0. The largest absolute Gasteiger partial charge is 0.877 e. The van der Waals surface area contributed by atoms with Crippen LogP contribution >= 0.6 is 0 Å². The average Bonchev–Trinajstić information content (AvgIpc) is 3.01. The SMILES string of the molecule is [O-]C=c1ccc(=c2ccccc2=C2N=NN=N2)cc1. The van der Waals surface area contributed by atoms with Gasteiger partial charge in [0.25, 0.3) is 0 Å². The number of hydrogen-bond acceptors (Lipinski definition) is 5. The van der Waals surface area contributed by atoms with Crippen molar-refractivity contribution >= 4 is 12.1 Å². The molecule has 0 radical (unpaired) electrons. The molecule has 1 aliphatic heterocycles. The fourth-order valence-electron chi connectivity index (χ4n) is 1.92. The Kier molecular flexibility index (Phi) is 2.86. The molecule has 0 bridgehead atoms. The van der Waals surface area contributed by atoms with E-state index in [2.05, 4.69) is 20.7 Å². The van der Waals surface area contributed by atoms with Gasteiger partial charge in [0.05, 0.1) is 0 Å². The van der Waals surface area contributed by atoms with Crippen molar-refractivity contribution in [1.29, 1.82) is 0 Å².